The highest BCUT2D eigenvalue weighted by Crippen LogP contribution is 2.32. The molecule has 94 valence electrons. The van der Waals surface area contributed by atoms with Gasteiger partial charge in [-0.15, -0.1) is 5.10 Å². The summed E-state index contributed by atoms with van der Waals surface area (Å²) in [5, 5.41) is 10.7. The molecule has 0 aliphatic carbocycles. The molecule has 0 bridgehead atoms. The first kappa shape index (κ1) is 11.2. The number of anilines is 1. The van der Waals surface area contributed by atoms with Gasteiger partial charge in [-0.25, -0.2) is 5.10 Å². The van der Waals surface area contributed by atoms with Gasteiger partial charge in [-0.3, -0.25) is 0 Å². The van der Waals surface area contributed by atoms with E-state index in [0.717, 1.165) is 22.2 Å². The van der Waals surface area contributed by atoms with Crippen molar-refractivity contribution in [3.63, 3.8) is 0 Å². The number of thioether (sulfide) groups is 1. The van der Waals surface area contributed by atoms with Crippen LogP contribution in [0.1, 0.15) is 5.56 Å². The largest absolute Gasteiger partial charge is 0.454 e. The van der Waals surface area contributed by atoms with Crippen molar-refractivity contribution < 1.29 is 9.47 Å². The van der Waals surface area contributed by atoms with Crippen LogP contribution >= 0.6 is 11.8 Å². The van der Waals surface area contributed by atoms with Crippen LogP contribution in [0.4, 0.5) is 5.95 Å². The topological polar surface area (TPSA) is 72.1 Å². The number of hydrogen-bond acceptors (Lipinski definition) is 6. The molecule has 0 saturated heterocycles. The first-order valence-corrected chi connectivity index (χ1v) is 6.66. The molecule has 3 rings (SSSR count). The van der Waals surface area contributed by atoms with Gasteiger partial charge in [-0.05, 0) is 24.0 Å². The molecule has 1 aliphatic rings. The van der Waals surface area contributed by atoms with Crippen LogP contribution in [-0.2, 0) is 6.54 Å². The van der Waals surface area contributed by atoms with Crippen LogP contribution in [0.25, 0.3) is 0 Å². The van der Waals surface area contributed by atoms with Gasteiger partial charge < -0.3 is 14.8 Å². The fraction of sp³-hybridized carbons (Fsp3) is 0.273. The summed E-state index contributed by atoms with van der Waals surface area (Å²) in [6.07, 6.45) is 1.94. The molecule has 7 heteroatoms. The molecule has 0 amide bonds. The van der Waals surface area contributed by atoms with Crippen LogP contribution in [0.15, 0.2) is 23.4 Å². The monoisotopic (exact) mass is 264 g/mol. The molecule has 1 aromatic heterocycles. The Kier molecular flexibility index (Phi) is 2.97. The second-order valence-electron chi connectivity index (χ2n) is 3.71. The number of H-pyrrole nitrogens is 1. The zero-order valence-corrected chi connectivity index (χ0v) is 10.6. The Hall–Kier alpha value is -1.89. The molecule has 2 aromatic rings. The van der Waals surface area contributed by atoms with Crippen molar-refractivity contribution >= 4 is 17.7 Å². The lowest BCUT2D eigenvalue weighted by molar-refractivity contribution is 0.174. The SMILES string of the molecule is CSc1n[nH]c(NCc2ccc3c(c2)OCO3)n1. The van der Waals surface area contributed by atoms with Gasteiger partial charge in [0.1, 0.15) is 0 Å². The van der Waals surface area contributed by atoms with Crippen LogP contribution in [0.3, 0.4) is 0 Å². The van der Waals surface area contributed by atoms with Gasteiger partial charge in [0.25, 0.3) is 0 Å². The molecule has 6 nitrogen and oxygen atoms in total. The summed E-state index contributed by atoms with van der Waals surface area (Å²) in [5.41, 5.74) is 1.10. The summed E-state index contributed by atoms with van der Waals surface area (Å²) in [5.74, 6) is 2.25. The maximum atomic E-state index is 5.32. The fourth-order valence-electron chi connectivity index (χ4n) is 1.65. The van der Waals surface area contributed by atoms with E-state index in [0.29, 0.717) is 19.3 Å². The predicted molar refractivity (Wildman–Crippen MR) is 68.1 cm³/mol. The van der Waals surface area contributed by atoms with Crippen LogP contribution in [-0.4, -0.2) is 28.2 Å². The highest BCUT2D eigenvalue weighted by molar-refractivity contribution is 7.98. The van der Waals surface area contributed by atoms with Crippen molar-refractivity contribution in [3.05, 3.63) is 23.8 Å². The molecule has 2 heterocycles. The molecular weight excluding hydrogens is 252 g/mol. The van der Waals surface area contributed by atoms with Gasteiger partial charge in [0, 0.05) is 6.54 Å². The number of aromatic amines is 1. The minimum Gasteiger partial charge on any atom is -0.454 e. The van der Waals surface area contributed by atoms with Gasteiger partial charge in [0.05, 0.1) is 0 Å². The minimum absolute atomic E-state index is 0.297. The lowest BCUT2D eigenvalue weighted by Gasteiger charge is -2.03. The smallest absolute Gasteiger partial charge is 0.231 e. The van der Waals surface area contributed by atoms with E-state index in [-0.39, 0.29) is 0 Å². The van der Waals surface area contributed by atoms with Gasteiger partial charge in [-0.2, -0.15) is 4.98 Å². The fourth-order valence-corrected chi connectivity index (χ4v) is 1.97. The zero-order chi connectivity index (χ0) is 12.4. The highest BCUT2D eigenvalue weighted by atomic mass is 32.2. The van der Waals surface area contributed by atoms with Crippen molar-refractivity contribution in [1.82, 2.24) is 15.2 Å². The highest BCUT2D eigenvalue weighted by Gasteiger charge is 2.13. The van der Waals surface area contributed by atoms with Crippen LogP contribution in [0, 0.1) is 0 Å². The first-order valence-electron chi connectivity index (χ1n) is 5.44. The van der Waals surface area contributed by atoms with E-state index in [2.05, 4.69) is 20.5 Å². The Morgan fingerprint density at radius 3 is 3.11 bits per heavy atom. The van der Waals surface area contributed by atoms with E-state index in [9.17, 15) is 0 Å². The summed E-state index contributed by atoms with van der Waals surface area (Å²) in [7, 11) is 0. The Bertz CT molecular complexity index is 558. The van der Waals surface area contributed by atoms with E-state index in [1.165, 1.54) is 11.8 Å². The second-order valence-corrected chi connectivity index (χ2v) is 4.49. The number of aromatic nitrogens is 3. The third-order valence-corrected chi connectivity index (χ3v) is 3.09. The lowest BCUT2D eigenvalue weighted by Crippen LogP contribution is -2.00. The molecule has 0 unspecified atom stereocenters. The van der Waals surface area contributed by atoms with E-state index in [1.807, 2.05) is 24.5 Å². The van der Waals surface area contributed by atoms with Crippen molar-refractivity contribution in [3.8, 4) is 11.5 Å². The summed E-state index contributed by atoms with van der Waals surface area (Å²) >= 11 is 1.50. The molecular formula is C11H12N4O2S. The van der Waals surface area contributed by atoms with Gasteiger partial charge in [0.15, 0.2) is 11.5 Å². The maximum Gasteiger partial charge on any atom is 0.231 e. The molecule has 1 aromatic carbocycles. The van der Waals surface area contributed by atoms with Gasteiger partial charge in [0.2, 0.25) is 17.9 Å². The Morgan fingerprint density at radius 1 is 1.39 bits per heavy atom. The Labute approximate surface area is 108 Å². The Morgan fingerprint density at radius 2 is 2.28 bits per heavy atom. The summed E-state index contributed by atoms with van der Waals surface area (Å²) in [4.78, 5) is 4.25. The molecule has 0 spiro atoms. The number of nitrogens with one attached hydrogen (secondary N) is 2. The number of benzene rings is 1. The normalized spacial score (nSPS) is 12.7. The number of hydrogen-bond donors (Lipinski definition) is 2. The van der Waals surface area contributed by atoms with Crippen LogP contribution in [0.2, 0.25) is 0 Å². The van der Waals surface area contributed by atoms with E-state index >= 15 is 0 Å². The van der Waals surface area contributed by atoms with E-state index in [1.54, 1.807) is 0 Å². The molecule has 18 heavy (non-hydrogen) atoms. The molecule has 0 atom stereocenters. The molecule has 0 saturated carbocycles. The number of nitrogens with zero attached hydrogens (tertiary/aromatic N) is 2. The first-order chi connectivity index (χ1) is 8.85. The standard InChI is InChI=1S/C11H12N4O2S/c1-18-11-13-10(14-15-11)12-5-7-2-3-8-9(4-7)17-6-16-8/h2-4H,5-6H2,1H3,(H2,12,13,14,15). The molecule has 0 fully saturated rings. The summed E-state index contributed by atoms with van der Waals surface area (Å²) in [6, 6.07) is 5.86. The van der Waals surface area contributed by atoms with Crippen molar-refractivity contribution in [1.29, 1.82) is 0 Å². The average Bonchev–Trinajstić information content (AvgIpc) is 3.04. The summed E-state index contributed by atoms with van der Waals surface area (Å²) < 4.78 is 10.6. The quantitative estimate of drug-likeness (QED) is 0.821. The van der Waals surface area contributed by atoms with Crippen LogP contribution < -0.4 is 14.8 Å². The molecule has 1 aliphatic heterocycles. The number of rotatable bonds is 4. The van der Waals surface area contributed by atoms with E-state index in [4.69, 9.17) is 9.47 Å². The summed E-state index contributed by atoms with van der Waals surface area (Å²) in [6.45, 7) is 0.949. The van der Waals surface area contributed by atoms with Crippen molar-refractivity contribution in [2.75, 3.05) is 18.4 Å². The second kappa shape index (κ2) is 4.77. The minimum atomic E-state index is 0.297. The Balaban J connectivity index is 1.66. The van der Waals surface area contributed by atoms with Crippen LogP contribution in [0.5, 0.6) is 11.5 Å². The molecule has 2 N–H and O–H groups in total. The lowest BCUT2D eigenvalue weighted by atomic mass is 10.2. The van der Waals surface area contributed by atoms with Gasteiger partial charge in [-0.1, -0.05) is 17.8 Å². The van der Waals surface area contributed by atoms with E-state index < -0.39 is 0 Å². The van der Waals surface area contributed by atoms with Gasteiger partial charge >= 0.3 is 0 Å². The number of fused-ring (bicyclic) bond motifs is 1. The van der Waals surface area contributed by atoms with Crippen molar-refractivity contribution in [2.45, 2.75) is 11.7 Å². The average molecular weight is 264 g/mol. The maximum absolute atomic E-state index is 5.32. The van der Waals surface area contributed by atoms with Crippen molar-refractivity contribution in [2.24, 2.45) is 0 Å². The molecule has 0 radical (unpaired) electrons. The third-order valence-electron chi connectivity index (χ3n) is 2.54. The number of ether oxygens (including phenoxy) is 2. The predicted octanol–water partition coefficient (Wildman–Crippen LogP) is 1.87. The third kappa shape index (κ3) is 2.21. The zero-order valence-electron chi connectivity index (χ0n) is 9.77.